The van der Waals surface area contributed by atoms with Gasteiger partial charge < -0.3 is 15.5 Å². The first kappa shape index (κ1) is 13.4. The van der Waals surface area contributed by atoms with Crippen molar-refractivity contribution in [2.24, 2.45) is 0 Å². The van der Waals surface area contributed by atoms with Crippen molar-refractivity contribution >= 4 is 17.6 Å². The van der Waals surface area contributed by atoms with E-state index in [-0.39, 0.29) is 5.56 Å². The summed E-state index contributed by atoms with van der Waals surface area (Å²) in [7, 11) is 0. The standard InChI is InChI=1S/C14H12N2O4/c17-10-7-4-8-11(18)12(10)13(19)16-14(20)15-9-5-2-1-3-6-9/h1-8,17-18H,(H2,15,16,19,20). The minimum absolute atomic E-state index is 0.351. The van der Waals surface area contributed by atoms with E-state index in [1.807, 2.05) is 5.32 Å². The number of carbonyl (C=O) groups excluding carboxylic acids is 2. The van der Waals surface area contributed by atoms with Gasteiger partial charge in [-0.3, -0.25) is 10.1 Å². The third kappa shape index (κ3) is 3.05. The lowest BCUT2D eigenvalue weighted by atomic mass is 10.1. The first-order chi connectivity index (χ1) is 9.58. The molecule has 0 bridgehead atoms. The van der Waals surface area contributed by atoms with Gasteiger partial charge in [-0.15, -0.1) is 0 Å². The number of phenols is 2. The van der Waals surface area contributed by atoms with E-state index in [0.717, 1.165) is 0 Å². The Bertz CT molecular complexity index is 621. The zero-order valence-electron chi connectivity index (χ0n) is 10.3. The summed E-state index contributed by atoms with van der Waals surface area (Å²) in [6, 6.07) is 11.7. The Morgan fingerprint density at radius 2 is 1.45 bits per heavy atom. The second-order valence-corrected chi connectivity index (χ2v) is 3.95. The van der Waals surface area contributed by atoms with Crippen LogP contribution in [0, 0.1) is 0 Å². The van der Waals surface area contributed by atoms with Crippen LogP contribution in [0.5, 0.6) is 11.5 Å². The zero-order chi connectivity index (χ0) is 14.5. The van der Waals surface area contributed by atoms with Crippen LogP contribution in [0.2, 0.25) is 0 Å². The molecule has 0 atom stereocenters. The van der Waals surface area contributed by atoms with Gasteiger partial charge in [0.05, 0.1) is 0 Å². The van der Waals surface area contributed by atoms with Gasteiger partial charge in [-0.05, 0) is 24.3 Å². The minimum Gasteiger partial charge on any atom is -0.507 e. The molecule has 6 nitrogen and oxygen atoms in total. The van der Waals surface area contributed by atoms with Gasteiger partial charge in [-0.1, -0.05) is 24.3 Å². The summed E-state index contributed by atoms with van der Waals surface area (Å²) in [4.78, 5) is 23.4. The number of hydrogen-bond acceptors (Lipinski definition) is 4. The molecule has 0 unspecified atom stereocenters. The number of urea groups is 1. The van der Waals surface area contributed by atoms with Gasteiger partial charge in [0, 0.05) is 5.69 Å². The number of para-hydroxylation sites is 1. The molecule has 4 N–H and O–H groups in total. The van der Waals surface area contributed by atoms with Crippen molar-refractivity contribution in [3.63, 3.8) is 0 Å². The van der Waals surface area contributed by atoms with E-state index in [9.17, 15) is 19.8 Å². The van der Waals surface area contributed by atoms with E-state index < -0.39 is 23.4 Å². The molecule has 0 aliphatic carbocycles. The molecule has 0 radical (unpaired) electrons. The summed E-state index contributed by atoms with van der Waals surface area (Å²) in [6.07, 6.45) is 0. The molecule has 0 aliphatic rings. The number of nitrogens with one attached hydrogen (secondary N) is 2. The van der Waals surface area contributed by atoms with E-state index >= 15 is 0 Å². The Balaban J connectivity index is 2.07. The second kappa shape index (κ2) is 5.75. The third-order valence-electron chi connectivity index (χ3n) is 2.51. The van der Waals surface area contributed by atoms with Gasteiger partial charge in [-0.25, -0.2) is 4.79 Å². The average Bonchev–Trinajstić information content (AvgIpc) is 2.39. The molecule has 20 heavy (non-hydrogen) atoms. The van der Waals surface area contributed by atoms with Crippen LogP contribution >= 0.6 is 0 Å². The fourth-order valence-corrected chi connectivity index (χ4v) is 1.61. The van der Waals surface area contributed by atoms with Crippen LogP contribution < -0.4 is 10.6 Å². The van der Waals surface area contributed by atoms with Crippen LogP contribution in [0.1, 0.15) is 10.4 Å². The Labute approximate surface area is 114 Å². The topological polar surface area (TPSA) is 98.7 Å². The lowest BCUT2D eigenvalue weighted by Gasteiger charge is -2.08. The van der Waals surface area contributed by atoms with Crippen molar-refractivity contribution in [2.45, 2.75) is 0 Å². The molecule has 0 spiro atoms. The van der Waals surface area contributed by atoms with Crippen molar-refractivity contribution in [3.05, 3.63) is 54.1 Å². The maximum Gasteiger partial charge on any atom is 0.326 e. The summed E-state index contributed by atoms with van der Waals surface area (Å²) in [5, 5.41) is 23.5. The molecular formula is C14H12N2O4. The van der Waals surface area contributed by atoms with Gasteiger partial charge in [0.2, 0.25) is 0 Å². The molecule has 2 aromatic carbocycles. The Kier molecular flexibility index (Phi) is 3.85. The SMILES string of the molecule is O=C(NC(=O)c1c(O)cccc1O)Nc1ccccc1. The van der Waals surface area contributed by atoms with Gasteiger partial charge in [0.1, 0.15) is 17.1 Å². The largest absolute Gasteiger partial charge is 0.507 e. The van der Waals surface area contributed by atoms with E-state index in [0.29, 0.717) is 5.69 Å². The highest BCUT2D eigenvalue weighted by Gasteiger charge is 2.18. The first-order valence-corrected chi connectivity index (χ1v) is 5.76. The summed E-state index contributed by atoms with van der Waals surface area (Å²) >= 11 is 0. The molecule has 0 aromatic heterocycles. The monoisotopic (exact) mass is 272 g/mol. The molecule has 2 rings (SSSR count). The van der Waals surface area contributed by atoms with Crippen molar-refractivity contribution in [3.8, 4) is 11.5 Å². The fraction of sp³-hybridized carbons (Fsp3) is 0. The Morgan fingerprint density at radius 1 is 0.850 bits per heavy atom. The quantitative estimate of drug-likeness (QED) is 0.672. The highest BCUT2D eigenvalue weighted by atomic mass is 16.3. The summed E-state index contributed by atoms with van der Waals surface area (Å²) in [5.41, 5.74) is 0.162. The smallest absolute Gasteiger partial charge is 0.326 e. The van der Waals surface area contributed by atoms with Gasteiger partial charge in [-0.2, -0.15) is 0 Å². The van der Waals surface area contributed by atoms with E-state index in [1.165, 1.54) is 18.2 Å². The van der Waals surface area contributed by atoms with Gasteiger partial charge >= 0.3 is 6.03 Å². The maximum absolute atomic E-state index is 11.8. The number of carbonyl (C=O) groups is 2. The molecule has 0 heterocycles. The number of amides is 3. The Hall–Kier alpha value is -3.02. The van der Waals surface area contributed by atoms with Crippen molar-refractivity contribution < 1.29 is 19.8 Å². The molecule has 0 fully saturated rings. The highest BCUT2D eigenvalue weighted by molar-refractivity contribution is 6.10. The number of imide groups is 1. The number of rotatable bonds is 2. The Morgan fingerprint density at radius 3 is 2.05 bits per heavy atom. The molecule has 0 saturated carbocycles. The number of anilines is 1. The molecular weight excluding hydrogens is 260 g/mol. The summed E-state index contributed by atoms with van der Waals surface area (Å²) in [5.74, 6) is -1.71. The number of aromatic hydroxyl groups is 2. The maximum atomic E-state index is 11.8. The molecule has 0 saturated heterocycles. The second-order valence-electron chi connectivity index (χ2n) is 3.95. The average molecular weight is 272 g/mol. The molecule has 2 aromatic rings. The zero-order valence-corrected chi connectivity index (χ0v) is 10.3. The van der Waals surface area contributed by atoms with E-state index in [1.54, 1.807) is 30.3 Å². The van der Waals surface area contributed by atoms with E-state index in [4.69, 9.17) is 0 Å². The first-order valence-electron chi connectivity index (χ1n) is 5.76. The number of phenolic OH excluding ortho intramolecular Hbond substituents is 2. The van der Waals surface area contributed by atoms with Crippen molar-refractivity contribution in [1.82, 2.24) is 5.32 Å². The summed E-state index contributed by atoms with van der Waals surface area (Å²) < 4.78 is 0. The lowest BCUT2D eigenvalue weighted by molar-refractivity contribution is 0.0962. The number of benzene rings is 2. The molecule has 102 valence electrons. The van der Waals surface area contributed by atoms with Crippen LogP contribution in [-0.2, 0) is 0 Å². The van der Waals surface area contributed by atoms with Crippen LogP contribution in [0.3, 0.4) is 0 Å². The predicted octanol–water partition coefficient (Wildman–Crippen LogP) is 2.06. The lowest BCUT2D eigenvalue weighted by Crippen LogP contribution is -2.34. The highest BCUT2D eigenvalue weighted by Crippen LogP contribution is 2.25. The van der Waals surface area contributed by atoms with E-state index in [2.05, 4.69) is 5.32 Å². The molecule has 3 amide bonds. The normalized spacial score (nSPS) is 9.80. The van der Waals surface area contributed by atoms with Crippen LogP contribution in [0.4, 0.5) is 10.5 Å². The van der Waals surface area contributed by atoms with Crippen LogP contribution in [0.15, 0.2) is 48.5 Å². The fourth-order valence-electron chi connectivity index (χ4n) is 1.61. The minimum atomic E-state index is -0.894. The van der Waals surface area contributed by atoms with Crippen molar-refractivity contribution in [2.75, 3.05) is 5.32 Å². The third-order valence-corrected chi connectivity index (χ3v) is 2.51. The predicted molar refractivity (Wildman–Crippen MR) is 72.7 cm³/mol. The molecule has 6 heteroatoms. The van der Waals surface area contributed by atoms with Gasteiger partial charge in [0.25, 0.3) is 5.91 Å². The molecule has 0 aliphatic heterocycles. The van der Waals surface area contributed by atoms with Gasteiger partial charge in [0.15, 0.2) is 0 Å². The number of hydrogen-bond donors (Lipinski definition) is 4. The van der Waals surface area contributed by atoms with Crippen LogP contribution in [-0.4, -0.2) is 22.2 Å². The van der Waals surface area contributed by atoms with Crippen molar-refractivity contribution in [1.29, 1.82) is 0 Å². The summed E-state index contributed by atoms with van der Waals surface area (Å²) in [6.45, 7) is 0. The van der Waals surface area contributed by atoms with Crippen LogP contribution in [0.25, 0.3) is 0 Å².